The van der Waals surface area contributed by atoms with Crippen LogP contribution < -0.4 is 0 Å². The maximum absolute atomic E-state index is 14.4. The third-order valence-electron chi connectivity index (χ3n) is 8.82. The minimum Gasteiger partial charge on any atom is -0.378 e. The Labute approximate surface area is 206 Å². The van der Waals surface area contributed by atoms with E-state index in [-0.39, 0.29) is 0 Å². The van der Waals surface area contributed by atoms with Crippen LogP contribution in [0.5, 0.6) is 0 Å². The number of ether oxygens (including phenoxy) is 1. The smallest absolute Gasteiger partial charge is 0.166 e. The summed E-state index contributed by atoms with van der Waals surface area (Å²) in [6.45, 7) is 4.76. The maximum atomic E-state index is 14.4. The van der Waals surface area contributed by atoms with Gasteiger partial charge in [0.25, 0.3) is 0 Å². The van der Waals surface area contributed by atoms with Crippen molar-refractivity contribution < 1.29 is 13.5 Å². The van der Waals surface area contributed by atoms with Gasteiger partial charge < -0.3 is 4.74 Å². The lowest BCUT2D eigenvalue weighted by atomic mass is 9.75. The second-order valence-electron chi connectivity index (χ2n) is 11.2. The molecular formula is C31H44F2O. The van der Waals surface area contributed by atoms with Crippen LogP contribution in [0.3, 0.4) is 0 Å². The molecule has 1 aromatic carbocycles. The number of hydrogen-bond donors (Lipinski definition) is 0. The second kappa shape index (κ2) is 12.5. The topological polar surface area (TPSA) is 9.23 Å². The largest absolute Gasteiger partial charge is 0.378 e. The maximum Gasteiger partial charge on any atom is 0.166 e. The van der Waals surface area contributed by atoms with Crippen molar-refractivity contribution >= 4 is 5.57 Å². The number of halogens is 2. The zero-order valence-corrected chi connectivity index (χ0v) is 21.3. The molecule has 0 amide bonds. The third kappa shape index (κ3) is 6.59. The molecule has 1 nitrogen and oxygen atoms in total. The molecule has 34 heavy (non-hydrogen) atoms. The molecule has 3 unspecified atom stereocenters. The first kappa shape index (κ1) is 25.6. The number of allylic oxidation sites excluding steroid dienone is 4. The van der Waals surface area contributed by atoms with Crippen molar-refractivity contribution in [3.05, 3.63) is 53.1 Å². The zero-order chi connectivity index (χ0) is 23.9. The fourth-order valence-electron chi connectivity index (χ4n) is 6.44. The van der Waals surface area contributed by atoms with Gasteiger partial charge in [0.1, 0.15) is 0 Å². The summed E-state index contributed by atoms with van der Waals surface area (Å²) in [6, 6.07) is 3.43. The molecule has 4 rings (SSSR count). The molecule has 2 aliphatic carbocycles. The van der Waals surface area contributed by atoms with Crippen molar-refractivity contribution in [2.45, 2.75) is 103 Å². The van der Waals surface area contributed by atoms with Gasteiger partial charge in [-0.15, -0.1) is 0 Å². The molecule has 0 N–H and O–H groups in total. The van der Waals surface area contributed by atoms with E-state index in [9.17, 15) is 8.78 Å². The van der Waals surface area contributed by atoms with Gasteiger partial charge in [0.05, 0.1) is 6.10 Å². The van der Waals surface area contributed by atoms with Crippen LogP contribution in [0.2, 0.25) is 0 Å². The molecule has 3 aliphatic rings. The van der Waals surface area contributed by atoms with E-state index in [1.165, 1.54) is 57.8 Å². The van der Waals surface area contributed by atoms with E-state index in [2.05, 4.69) is 25.2 Å². The summed E-state index contributed by atoms with van der Waals surface area (Å²) in [7, 11) is 0. The summed E-state index contributed by atoms with van der Waals surface area (Å²) >= 11 is 0. The Balaban J connectivity index is 1.15. The molecule has 1 saturated carbocycles. The summed E-state index contributed by atoms with van der Waals surface area (Å²) in [5.41, 5.74) is 1.81. The Morgan fingerprint density at radius 2 is 1.65 bits per heavy atom. The van der Waals surface area contributed by atoms with Gasteiger partial charge in [-0.25, -0.2) is 8.78 Å². The van der Waals surface area contributed by atoms with Crippen molar-refractivity contribution in [1.29, 1.82) is 0 Å². The van der Waals surface area contributed by atoms with E-state index >= 15 is 0 Å². The van der Waals surface area contributed by atoms with Crippen LogP contribution >= 0.6 is 0 Å². The highest BCUT2D eigenvalue weighted by atomic mass is 19.2. The van der Waals surface area contributed by atoms with Crippen molar-refractivity contribution in [1.82, 2.24) is 0 Å². The lowest BCUT2D eigenvalue weighted by Crippen LogP contribution is -2.34. The number of benzene rings is 1. The van der Waals surface area contributed by atoms with E-state index < -0.39 is 11.6 Å². The second-order valence-corrected chi connectivity index (χ2v) is 11.2. The van der Waals surface area contributed by atoms with Gasteiger partial charge in [-0.05, 0) is 125 Å². The fraction of sp³-hybridized carbons (Fsp3) is 0.677. The Bertz CT molecular complexity index is 841. The van der Waals surface area contributed by atoms with Crippen LogP contribution in [0.15, 0.2) is 30.4 Å². The van der Waals surface area contributed by atoms with Gasteiger partial charge in [0.15, 0.2) is 11.6 Å². The van der Waals surface area contributed by atoms with E-state index in [1.807, 2.05) is 0 Å². The number of aryl methyl sites for hydroxylation is 1. The molecule has 2 fully saturated rings. The highest BCUT2D eigenvalue weighted by Gasteiger charge is 2.31. The highest BCUT2D eigenvalue weighted by Crippen LogP contribution is 2.39. The lowest BCUT2D eigenvalue weighted by molar-refractivity contribution is -0.0601. The molecule has 1 heterocycles. The van der Waals surface area contributed by atoms with Gasteiger partial charge >= 0.3 is 0 Å². The molecule has 3 atom stereocenters. The van der Waals surface area contributed by atoms with Crippen LogP contribution in [0.4, 0.5) is 8.78 Å². The SMILES string of the molecule is CC/C=C\CC1CCC(C2CCC(CCC3CC=C(c4ccc(C)c(F)c4F)CC3)CO2)CC1. The highest BCUT2D eigenvalue weighted by molar-refractivity contribution is 5.67. The molecular weight excluding hydrogens is 426 g/mol. The minimum atomic E-state index is -0.701. The molecule has 0 bridgehead atoms. The van der Waals surface area contributed by atoms with Crippen molar-refractivity contribution in [3.8, 4) is 0 Å². The zero-order valence-electron chi connectivity index (χ0n) is 21.3. The molecule has 3 heteroatoms. The fourth-order valence-corrected chi connectivity index (χ4v) is 6.44. The van der Waals surface area contributed by atoms with E-state index in [4.69, 9.17) is 4.74 Å². The Hall–Kier alpha value is -1.48. The normalized spacial score (nSPS) is 30.5. The van der Waals surface area contributed by atoms with Gasteiger partial charge in [0, 0.05) is 12.2 Å². The standard InChI is InChI=1S/C31H44F2O/c1-3-4-5-6-23-12-17-27(18-13-23)29-20-14-25(21-34-29)9-8-24-10-15-26(16-11-24)28-19-7-22(2)30(32)31(28)33/h4-5,7,15,19,23-25,27,29H,3,6,8-14,16-18,20-21H2,1-2H3/b5-4-. The molecule has 0 spiro atoms. The van der Waals surface area contributed by atoms with Gasteiger partial charge in [-0.3, -0.25) is 0 Å². The van der Waals surface area contributed by atoms with Crippen LogP contribution in [-0.2, 0) is 4.74 Å². The Morgan fingerprint density at radius 1 is 0.882 bits per heavy atom. The third-order valence-corrected chi connectivity index (χ3v) is 8.82. The monoisotopic (exact) mass is 470 g/mol. The van der Waals surface area contributed by atoms with E-state index in [0.29, 0.717) is 29.1 Å². The summed E-state index contributed by atoms with van der Waals surface area (Å²) in [5.74, 6) is 1.65. The minimum absolute atomic E-state index is 0.375. The molecule has 188 valence electrons. The molecule has 1 aromatic rings. The van der Waals surface area contributed by atoms with Crippen molar-refractivity contribution in [2.75, 3.05) is 6.61 Å². The van der Waals surface area contributed by atoms with Crippen LogP contribution in [0, 0.1) is 42.2 Å². The average Bonchev–Trinajstić information content (AvgIpc) is 2.88. The summed E-state index contributed by atoms with van der Waals surface area (Å²) in [5, 5.41) is 0. The van der Waals surface area contributed by atoms with Gasteiger partial charge in [0.2, 0.25) is 0 Å². The van der Waals surface area contributed by atoms with E-state index in [1.54, 1.807) is 19.1 Å². The first-order chi connectivity index (χ1) is 16.5. The summed E-state index contributed by atoms with van der Waals surface area (Å²) in [4.78, 5) is 0. The van der Waals surface area contributed by atoms with Crippen LogP contribution in [-0.4, -0.2) is 12.7 Å². The number of hydrogen-bond acceptors (Lipinski definition) is 1. The Kier molecular flexibility index (Phi) is 9.39. The Morgan fingerprint density at radius 3 is 2.32 bits per heavy atom. The first-order valence-electron chi connectivity index (χ1n) is 14.0. The van der Waals surface area contributed by atoms with Gasteiger partial charge in [-0.1, -0.05) is 37.3 Å². The molecule has 0 aromatic heterocycles. The molecule has 0 radical (unpaired) electrons. The molecule has 1 aliphatic heterocycles. The predicted molar refractivity (Wildman–Crippen MR) is 138 cm³/mol. The van der Waals surface area contributed by atoms with E-state index in [0.717, 1.165) is 49.7 Å². The quantitative estimate of drug-likeness (QED) is 0.344. The van der Waals surface area contributed by atoms with Gasteiger partial charge in [-0.2, -0.15) is 0 Å². The summed E-state index contributed by atoms with van der Waals surface area (Å²) in [6.07, 6.45) is 23.1. The molecule has 1 saturated heterocycles. The van der Waals surface area contributed by atoms with Crippen LogP contribution in [0.1, 0.15) is 102 Å². The van der Waals surface area contributed by atoms with Crippen molar-refractivity contribution in [3.63, 3.8) is 0 Å². The van der Waals surface area contributed by atoms with Crippen molar-refractivity contribution in [2.24, 2.45) is 23.7 Å². The lowest BCUT2D eigenvalue weighted by Gasteiger charge is -2.38. The predicted octanol–water partition coefficient (Wildman–Crippen LogP) is 9.19. The first-order valence-corrected chi connectivity index (χ1v) is 14.0. The number of rotatable bonds is 8. The average molecular weight is 471 g/mol. The summed E-state index contributed by atoms with van der Waals surface area (Å²) < 4.78 is 34.7. The van der Waals surface area contributed by atoms with Crippen LogP contribution in [0.25, 0.3) is 5.57 Å².